The SMILES string of the molecule is CC(=O)NC1CCN(C(=O)c2ccccc2C#CCN)C1. The molecule has 5 nitrogen and oxygen atoms in total. The maximum Gasteiger partial charge on any atom is 0.255 e. The zero-order chi connectivity index (χ0) is 15.2. The molecule has 2 rings (SSSR count). The third-order valence-corrected chi connectivity index (χ3v) is 3.37. The fourth-order valence-electron chi connectivity index (χ4n) is 2.45. The Morgan fingerprint density at radius 2 is 2.19 bits per heavy atom. The van der Waals surface area contributed by atoms with Crippen molar-refractivity contribution in [2.75, 3.05) is 19.6 Å². The van der Waals surface area contributed by atoms with Crippen molar-refractivity contribution in [1.82, 2.24) is 10.2 Å². The van der Waals surface area contributed by atoms with Gasteiger partial charge in [0.05, 0.1) is 12.1 Å². The maximum absolute atomic E-state index is 12.6. The van der Waals surface area contributed by atoms with Crippen LogP contribution in [0, 0.1) is 11.8 Å². The number of nitrogens with one attached hydrogen (secondary N) is 1. The molecule has 110 valence electrons. The molecule has 1 aromatic rings. The standard InChI is InChI=1S/C16H19N3O2/c1-12(20)18-14-8-10-19(11-14)16(21)15-7-3-2-5-13(15)6-4-9-17/h2-3,5,7,14H,8-11,17H2,1H3,(H,18,20). The lowest BCUT2D eigenvalue weighted by molar-refractivity contribution is -0.119. The second kappa shape index (κ2) is 6.91. The van der Waals surface area contributed by atoms with Crippen LogP contribution in [0.15, 0.2) is 24.3 Å². The summed E-state index contributed by atoms with van der Waals surface area (Å²) >= 11 is 0. The van der Waals surface area contributed by atoms with Crippen molar-refractivity contribution in [3.05, 3.63) is 35.4 Å². The first-order valence-electron chi connectivity index (χ1n) is 6.96. The number of amides is 2. The van der Waals surface area contributed by atoms with E-state index >= 15 is 0 Å². The topological polar surface area (TPSA) is 75.4 Å². The third-order valence-electron chi connectivity index (χ3n) is 3.37. The minimum absolute atomic E-state index is 0.0359. The van der Waals surface area contributed by atoms with E-state index in [1.807, 2.05) is 18.2 Å². The highest BCUT2D eigenvalue weighted by molar-refractivity contribution is 5.97. The van der Waals surface area contributed by atoms with E-state index in [0.29, 0.717) is 24.2 Å². The molecular formula is C16H19N3O2. The minimum Gasteiger partial charge on any atom is -0.352 e. The Labute approximate surface area is 124 Å². The summed E-state index contributed by atoms with van der Waals surface area (Å²) in [6.45, 7) is 2.93. The summed E-state index contributed by atoms with van der Waals surface area (Å²) in [4.78, 5) is 25.4. The van der Waals surface area contributed by atoms with Crippen LogP contribution < -0.4 is 11.1 Å². The lowest BCUT2D eigenvalue weighted by Crippen LogP contribution is -2.37. The van der Waals surface area contributed by atoms with Gasteiger partial charge in [0.15, 0.2) is 0 Å². The molecule has 1 heterocycles. The second-order valence-electron chi connectivity index (χ2n) is 4.99. The summed E-state index contributed by atoms with van der Waals surface area (Å²) in [6, 6.07) is 7.30. The molecule has 1 saturated heterocycles. The molecule has 1 fully saturated rings. The Morgan fingerprint density at radius 3 is 2.90 bits per heavy atom. The lowest BCUT2D eigenvalue weighted by atomic mass is 10.1. The summed E-state index contributed by atoms with van der Waals surface area (Å²) in [5, 5.41) is 2.85. The first kappa shape index (κ1) is 15.1. The number of benzene rings is 1. The van der Waals surface area contributed by atoms with E-state index in [1.165, 1.54) is 6.92 Å². The van der Waals surface area contributed by atoms with Crippen LogP contribution in [0.25, 0.3) is 0 Å². The molecule has 21 heavy (non-hydrogen) atoms. The maximum atomic E-state index is 12.6. The fraction of sp³-hybridized carbons (Fsp3) is 0.375. The van der Waals surface area contributed by atoms with Gasteiger partial charge in [-0.2, -0.15) is 0 Å². The molecule has 2 amide bonds. The average Bonchev–Trinajstić information content (AvgIpc) is 2.92. The third kappa shape index (κ3) is 3.83. The molecule has 1 unspecified atom stereocenters. The molecule has 0 bridgehead atoms. The van der Waals surface area contributed by atoms with Crippen LogP contribution in [-0.4, -0.2) is 42.4 Å². The normalized spacial score (nSPS) is 17.0. The van der Waals surface area contributed by atoms with Crippen LogP contribution >= 0.6 is 0 Å². The van der Waals surface area contributed by atoms with Crippen molar-refractivity contribution >= 4 is 11.8 Å². The van der Waals surface area contributed by atoms with Gasteiger partial charge in [0, 0.05) is 31.6 Å². The summed E-state index contributed by atoms with van der Waals surface area (Å²) < 4.78 is 0. The molecule has 1 aliphatic rings. The Balaban J connectivity index is 2.12. The van der Waals surface area contributed by atoms with Crippen LogP contribution in [0.4, 0.5) is 0 Å². The second-order valence-corrected chi connectivity index (χ2v) is 4.99. The monoisotopic (exact) mass is 285 g/mol. The summed E-state index contributed by atoms with van der Waals surface area (Å²) in [6.07, 6.45) is 0.780. The Hall–Kier alpha value is -2.32. The Morgan fingerprint density at radius 1 is 1.43 bits per heavy atom. The largest absolute Gasteiger partial charge is 0.352 e. The van der Waals surface area contributed by atoms with Crippen LogP contribution in [0.3, 0.4) is 0 Å². The van der Waals surface area contributed by atoms with E-state index in [2.05, 4.69) is 17.2 Å². The smallest absolute Gasteiger partial charge is 0.255 e. The summed E-state index contributed by atoms with van der Waals surface area (Å²) in [5.41, 5.74) is 6.66. The van der Waals surface area contributed by atoms with Gasteiger partial charge in [-0.3, -0.25) is 9.59 Å². The number of nitrogens with two attached hydrogens (primary N) is 1. The summed E-state index contributed by atoms with van der Waals surface area (Å²) in [7, 11) is 0. The highest BCUT2D eigenvalue weighted by Crippen LogP contribution is 2.16. The minimum atomic E-state index is -0.0662. The molecule has 0 aromatic heterocycles. The van der Waals surface area contributed by atoms with Crippen LogP contribution in [0.1, 0.15) is 29.3 Å². The number of hydrogen-bond acceptors (Lipinski definition) is 3. The van der Waals surface area contributed by atoms with E-state index in [-0.39, 0.29) is 24.4 Å². The number of rotatable bonds is 2. The van der Waals surface area contributed by atoms with Crippen LogP contribution in [0.2, 0.25) is 0 Å². The van der Waals surface area contributed by atoms with Gasteiger partial charge in [0.2, 0.25) is 5.91 Å². The zero-order valence-corrected chi connectivity index (χ0v) is 12.1. The molecule has 5 heteroatoms. The van der Waals surface area contributed by atoms with Gasteiger partial charge >= 0.3 is 0 Å². The van der Waals surface area contributed by atoms with Gasteiger partial charge in [-0.05, 0) is 18.6 Å². The molecule has 0 saturated carbocycles. The number of carbonyl (C=O) groups is 2. The van der Waals surface area contributed by atoms with Crippen molar-refractivity contribution < 1.29 is 9.59 Å². The Kier molecular flexibility index (Phi) is 4.96. The van der Waals surface area contributed by atoms with Crippen molar-refractivity contribution in [2.24, 2.45) is 5.73 Å². The van der Waals surface area contributed by atoms with E-state index < -0.39 is 0 Å². The van der Waals surface area contributed by atoms with Crippen molar-refractivity contribution in [2.45, 2.75) is 19.4 Å². The first-order chi connectivity index (χ1) is 10.1. The van der Waals surface area contributed by atoms with Gasteiger partial charge < -0.3 is 16.0 Å². The highest BCUT2D eigenvalue weighted by Gasteiger charge is 2.28. The van der Waals surface area contributed by atoms with Crippen molar-refractivity contribution in [1.29, 1.82) is 0 Å². The predicted octanol–water partition coefficient (Wildman–Crippen LogP) is 0.347. The molecule has 0 radical (unpaired) electrons. The van der Waals surface area contributed by atoms with E-state index in [4.69, 9.17) is 5.73 Å². The molecular weight excluding hydrogens is 266 g/mol. The number of nitrogens with zero attached hydrogens (tertiary/aromatic N) is 1. The van der Waals surface area contributed by atoms with Crippen molar-refractivity contribution in [3.8, 4) is 11.8 Å². The van der Waals surface area contributed by atoms with E-state index in [9.17, 15) is 9.59 Å². The van der Waals surface area contributed by atoms with Gasteiger partial charge in [0.1, 0.15) is 0 Å². The fourth-order valence-corrected chi connectivity index (χ4v) is 2.45. The Bertz CT molecular complexity index is 601. The highest BCUT2D eigenvalue weighted by atomic mass is 16.2. The lowest BCUT2D eigenvalue weighted by Gasteiger charge is -2.17. The molecule has 0 spiro atoms. The predicted molar refractivity (Wildman–Crippen MR) is 80.5 cm³/mol. The quantitative estimate of drug-likeness (QED) is 0.770. The zero-order valence-electron chi connectivity index (χ0n) is 12.1. The molecule has 0 aliphatic carbocycles. The average molecular weight is 285 g/mol. The van der Waals surface area contributed by atoms with E-state index in [1.54, 1.807) is 11.0 Å². The van der Waals surface area contributed by atoms with E-state index in [0.717, 1.165) is 6.42 Å². The summed E-state index contributed by atoms with van der Waals surface area (Å²) in [5.74, 6) is 5.59. The van der Waals surface area contributed by atoms with Gasteiger partial charge in [-0.15, -0.1) is 0 Å². The van der Waals surface area contributed by atoms with Gasteiger partial charge in [-0.25, -0.2) is 0 Å². The molecule has 1 aliphatic heterocycles. The molecule has 1 aromatic carbocycles. The molecule has 1 atom stereocenters. The molecule has 3 N–H and O–H groups in total. The van der Waals surface area contributed by atoms with Crippen LogP contribution in [0.5, 0.6) is 0 Å². The number of carbonyl (C=O) groups excluding carboxylic acids is 2. The number of hydrogen-bond donors (Lipinski definition) is 2. The number of likely N-dealkylation sites (tertiary alicyclic amines) is 1. The first-order valence-corrected chi connectivity index (χ1v) is 6.96. The van der Waals surface area contributed by atoms with Crippen LogP contribution in [-0.2, 0) is 4.79 Å². The van der Waals surface area contributed by atoms with Gasteiger partial charge in [0.25, 0.3) is 5.91 Å². The van der Waals surface area contributed by atoms with Gasteiger partial charge in [-0.1, -0.05) is 24.0 Å². The van der Waals surface area contributed by atoms with Crippen molar-refractivity contribution in [3.63, 3.8) is 0 Å².